The Hall–Kier alpha value is -0.480. The zero-order chi connectivity index (χ0) is 11.7. The summed E-state index contributed by atoms with van der Waals surface area (Å²) in [6.45, 7) is -1.61. The van der Waals surface area contributed by atoms with Crippen LogP contribution in [-0.2, 0) is 19.0 Å². The predicted molar refractivity (Wildman–Crippen MR) is 44.8 cm³/mol. The summed E-state index contributed by atoms with van der Waals surface area (Å²) in [6, 6.07) is 0. The maximum absolute atomic E-state index is 11.6. The van der Waals surface area contributed by atoms with E-state index in [2.05, 4.69) is 4.18 Å². The number of hydrogen-bond donors (Lipinski definition) is 0. The number of carbonyl (C=O) groups excluding carboxylic acids is 1. The summed E-state index contributed by atoms with van der Waals surface area (Å²) < 4.78 is 61.2. The number of carbonyl (C=O) groups is 1. The molecule has 1 aliphatic rings. The van der Waals surface area contributed by atoms with Crippen molar-refractivity contribution in [1.82, 2.24) is 3.71 Å². The Bertz CT molecular complexity index is 352. The Labute approximate surface area is 88.0 Å². The first-order chi connectivity index (χ1) is 6.72. The van der Waals surface area contributed by atoms with Crippen LogP contribution in [0.3, 0.4) is 0 Å². The van der Waals surface area contributed by atoms with E-state index in [4.69, 9.17) is 0 Å². The molecule has 1 amide bonds. The van der Waals surface area contributed by atoms with Crippen molar-refractivity contribution < 1.29 is 30.6 Å². The Balaban J connectivity index is 2.48. The van der Waals surface area contributed by atoms with E-state index in [0.29, 0.717) is 0 Å². The lowest BCUT2D eigenvalue weighted by Gasteiger charge is -2.12. The normalized spacial score (nSPS) is 21.0. The fourth-order valence-corrected chi connectivity index (χ4v) is 2.95. The van der Waals surface area contributed by atoms with Crippen molar-refractivity contribution >= 4 is 28.2 Å². The molecule has 1 heterocycles. The molecule has 0 radical (unpaired) electrons. The van der Waals surface area contributed by atoms with Gasteiger partial charge in [0.1, 0.15) is 12.2 Å². The van der Waals surface area contributed by atoms with Crippen molar-refractivity contribution in [3.63, 3.8) is 0 Å². The second-order valence-electron chi connectivity index (χ2n) is 2.64. The van der Waals surface area contributed by atoms with Crippen LogP contribution in [0.15, 0.2) is 0 Å². The van der Waals surface area contributed by atoms with Gasteiger partial charge in [0.2, 0.25) is 15.9 Å². The molecule has 0 bridgehead atoms. The van der Waals surface area contributed by atoms with Gasteiger partial charge >= 0.3 is 6.18 Å². The van der Waals surface area contributed by atoms with Crippen LogP contribution in [0.4, 0.5) is 13.2 Å². The zero-order valence-corrected chi connectivity index (χ0v) is 8.78. The number of halogens is 3. The number of alkyl halides is 3. The van der Waals surface area contributed by atoms with Gasteiger partial charge in [0.15, 0.2) is 6.61 Å². The van der Waals surface area contributed by atoms with Crippen molar-refractivity contribution in [3.05, 3.63) is 0 Å². The van der Waals surface area contributed by atoms with E-state index in [1.54, 1.807) is 0 Å². The molecule has 0 aromatic carbocycles. The first kappa shape index (κ1) is 12.6. The lowest BCUT2D eigenvalue weighted by Crippen LogP contribution is -2.24. The Morgan fingerprint density at radius 3 is 2.47 bits per heavy atom. The Morgan fingerprint density at radius 2 is 2.07 bits per heavy atom. The molecule has 88 valence electrons. The minimum atomic E-state index is -4.56. The van der Waals surface area contributed by atoms with Crippen molar-refractivity contribution in [1.29, 1.82) is 0 Å². The van der Waals surface area contributed by atoms with E-state index in [-0.39, 0.29) is 22.4 Å². The average molecular weight is 265 g/mol. The summed E-state index contributed by atoms with van der Waals surface area (Å²) in [4.78, 5) is 10.9. The third kappa shape index (κ3) is 3.54. The smallest absolute Gasteiger partial charge is 0.286 e. The van der Waals surface area contributed by atoms with Gasteiger partial charge in [0.25, 0.3) is 0 Å². The van der Waals surface area contributed by atoms with Crippen LogP contribution in [0.5, 0.6) is 0 Å². The van der Waals surface area contributed by atoms with Crippen molar-refractivity contribution in [2.45, 2.75) is 12.6 Å². The molecule has 15 heavy (non-hydrogen) atoms. The number of hydrogen-bond acceptors (Lipinski definition) is 5. The highest BCUT2D eigenvalue weighted by molar-refractivity contribution is 8.07. The zero-order valence-electron chi connectivity index (χ0n) is 7.15. The van der Waals surface area contributed by atoms with Gasteiger partial charge in [0, 0.05) is 6.42 Å². The van der Waals surface area contributed by atoms with Crippen molar-refractivity contribution in [2.24, 2.45) is 0 Å². The van der Waals surface area contributed by atoms with E-state index in [1.165, 1.54) is 0 Å². The highest BCUT2D eigenvalue weighted by atomic mass is 32.3. The number of rotatable bonds is 3. The molecule has 0 N–H and O–H groups in total. The molecule has 0 aromatic heterocycles. The van der Waals surface area contributed by atoms with Gasteiger partial charge < -0.3 is 0 Å². The summed E-state index contributed by atoms with van der Waals surface area (Å²) in [7, 11) is -3.80. The molecule has 5 nitrogen and oxygen atoms in total. The lowest BCUT2D eigenvalue weighted by molar-refractivity contribution is -0.151. The van der Waals surface area contributed by atoms with E-state index in [1.807, 2.05) is 0 Å². The maximum atomic E-state index is 11.6. The summed E-state index contributed by atoms with van der Waals surface area (Å²) in [6.07, 6.45) is -4.79. The van der Waals surface area contributed by atoms with Gasteiger partial charge in [-0.2, -0.15) is 16.9 Å². The first-order valence-corrected chi connectivity index (χ1v) is 5.95. The Kier molecular flexibility index (Phi) is 3.51. The van der Waals surface area contributed by atoms with Crippen LogP contribution in [0.25, 0.3) is 0 Å². The van der Waals surface area contributed by atoms with Crippen LogP contribution < -0.4 is 0 Å². The molecule has 1 fully saturated rings. The van der Waals surface area contributed by atoms with Crippen molar-refractivity contribution in [2.75, 3.05) is 12.4 Å². The third-order valence-electron chi connectivity index (χ3n) is 1.37. The molecule has 1 saturated heterocycles. The van der Waals surface area contributed by atoms with Gasteiger partial charge in [-0.3, -0.25) is 8.98 Å². The van der Waals surface area contributed by atoms with Gasteiger partial charge in [-0.05, 0) is 0 Å². The second-order valence-corrected chi connectivity index (χ2v) is 5.56. The number of amides is 1. The van der Waals surface area contributed by atoms with Crippen LogP contribution >= 0.6 is 12.2 Å². The van der Waals surface area contributed by atoms with Crippen LogP contribution in [0.2, 0.25) is 0 Å². The standard InChI is InChI=1S/C5H6F3NO4S2/c6-5(7,8)3-13-14-9-4(10)1-2-15(9,11)12/h1-3H2. The van der Waals surface area contributed by atoms with Gasteiger partial charge in [-0.15, -0.1) is 0 Å². The van der Waals surface area contributed by atoms with Crippen LogP contribution in [0.1, 0.15) is 6.42 Å². The molecular formula is C5H6F3NO4S2. The van der Waals surface area contributed by atoms with Crippen LogP contribution in [-0.4, -0.2) is 36.6 Å². The quantitative estimate of drug-likeness (QED) is 0.555. The number of sulfonamides is 1. The summed E-state index contributed by atoms with van der Waals surface area (Å²) in [5.74, 6) is -1.17. The van der Waals surface area contributed by atoms with E-state index >= 15 is 0 Å². The largest absolute Gasteiger partial charge is 0.413 e. The van der Waals surface area contributed by atoms with Crippen LogP contribution in [0, 0.1) is 0 Å². The molecule has 0 aliphatic carbocycles. The molecule has 1 rings (SSSR count). The third-order valence-corrected chi connectivity index (χ3v) is 4.23. The minimum absolute atomic E-state index is 0.0982. The first-order valence-electron chi connectivity index (χ1n) is 3.64. The average Bonchev–Trinajstić information content (AvgIpc) is 2.29. The topological polar surface area (TPSA) is 63.7 Å². The Morgan fingerprint density at radius 1 is 1.47 bits per heavy atom. The summed E-state index contributed by atoms with van der Waals surface area (Å²) in [5.41, 5.74) is 0. The molecule has 0 saturated carbocycles. The monoisotopic (exact) mass is 265 g/mol. The molecule has 0 atom stereocenters. The van der Waals surface area contributed by atoms with Gasteiger partial charge in [0.05, 0.1) is 5.75 Å². The van der Waals surface area contributed by atoms with E-state index in [0.717, 1.165) is 0 Å². The summed E-state index contributed by atoms with van der Waals surface area (Å²) >= 11 is -0.0982. The highest BCUT2D eigenvalue weighted by Crippen LogP contribution is 2.27. The predicted octanol–water partition coefficient (Wildman–Crippen LogP) is 0.691. The van der Waals surface area contributed by atoms with E-state index in [9.17, 15) is 26.4 Å². The fraction of sp³-hybridized carbons (Fsp3) is 0.800. The minimum Gasteiger partial charge on any atom is -0.286 e. The molecule has 0 aromatic rings. The fourth-order valence-electron chi connectivity index (χ4n) is 0.775. The molecule has 0 unspecified atom stereocenters. The van der Waals surface area contributed by atoms with E-state index < -0.39 is 34.5 Å². The summed E-state index contributed by atoms with van der Waals surface area (Å²) in [5, 5.41) is 0. The number of nitrogens with zero attached hydrogens (tertiary/aromatic N) is 1. The second kappa shape index (κ2) is 4.18. The van der Waals surface area contributed by atoms with Gasteiger partial charge in [-0.25, -0.2) is 8.42 Å². The molecule has 1 aliphatic heterocycles. The lowest BCUT2D eigenvalue weighted by atomic mass is 10.5. The maximum Gasteiger partial charge on any atom is 0.413 e. The van der Waals surface area contributed by atoms with Gasteiger partial charge in [-0.1, -0.05) is 0 Å². The van der Waals surface area contributed by atoms with Crippen molar-refractivity contribution in [3.8, 4) is 0 Å². The SMILES string of the molecule is O=C1CCS(=O)(=O)N1SOCC(F)(F)F. The molecule has 10 heteroatoms. The highest BCUT2D eigenvalue weighted by Gasteiger charge is 2.38. The molecule has 0 spiro atoms. The molecular weight excluding hydrogens is 259 g/mol.